The van der Waals surface area contributed by atoms with Gasteiger partial charge in [0.15, 0.2) is 5.78 Å². The minimum atomic E-state index is 0.0697. The maximum atomic E-state index is 12.1. The standard InChI is InChI=1S/C12H13IO2/c1-8-3-2-4-10(11(8)13)12(14)9-5-6-15-7-9/h2-4,9H,5-7H2,1H3. The SMILES string of the molecule is Cc1cccc(C(=O)C2CCOC2)c1I. The third-order valence-corrected chi connectivity index (χ3v) is 4.19. The van der Waals surface area contributed by atoms with Gasteiger partial charge in [-0.25, -0.2) is 0 Å². The largest absolute Gasteiger partial charge is 0.381 e. The summed E-state index contributed by atoms with van der Waals surface area (Å²) in [7, 11) is 0. The van der Waals surface area contributed by atoms with Crippen LogP contribution in [0, 0.1) is 16.4 Å². The summed E-state index contributed by atoms with van der Waals surface area (Å²) in [6.07, 6.45) is 0.864. The molecule has 1 fully saturated rings. The van der Waals surface area contributed by atoms with Gasteiger partial charge in [0.05, 0.1) is 6.61 Å². The van der Waals surface area contributed by atoms with Gasteiger partial charge in [0.2, 0.25) is 0 Å². The van der Waals surface area contributed by atoms with Gasteiger partial charge in [0.25, 0.3) is 0 Å². The Hall–Kier alpha value is -0.420. The van der Waals surface area contributed by atoms with E-state index in [4.69, 9.17) is 4.74 Å². The van der Waals surface area contributed by atoms with Gasteiger partial charge in [-0.2, -0.15) is 0 Å². The quantitative estimate of drug-likeness (QED) is 0.619. The number of carbonyl (C=O) groups excluding carboxylic acids is 1. The first-order valence-electron chi connectivity index (χ1n) is 5.07. The first kappa shape index (κ1) is 11.1. The van der Waals surface area contributed by atoms with Crippen molar-refractivity contribution in [1.29, 1.82) is 0 Å². The van der Waals surface area contributed by atoms with Crippen LogP contribution in [0.15, 0.2) is 18.2 Å². The van der Waals surface area contributed by atoms with Crippen LogP contribution in [-0.4, -0.2) is 19.0 Å². The molecule has 0 amide bonds. The Kier molecular flexibility index (Phi) is 3.41. The van der Waals surface area contributed by atoms with Gasteiger partial charge in [-0.05, 0) is 41.5 Å². The molecule has 1 aliphatic rings. The molecule has 0 N–H and O–H groups in total. The minimum Gasteiger partial charge on any atom is -0.381 e. The lowest BCUT2D eigenvalue weighted by Crippen LogP contribution is -2.16. The Morgan fingerprint density at radius 1 is 1.53 bits per heavy atom. The average molecular weight is 316 g/mol. The molecule has 1 atom stereocenters. The van der Waals surface area contributed by atoms with Crippen molar-refractivity contribution in [3.8, 4) is 0 Å². The fourth-order valence-electron chi connectivity index (χ4n) is 1.80. The highest BCUT2D eigenvalue weighted by Crippen LogP contribution is 2.23. The van der Waals surface area contributed by atoms with Crippen molar-refractivity contribution < 1.29 is 9.53 Å². The van der Waals surface area contributed by atoms with Crippen molar-refractivity contribution in [3.63, 3.8) is 0 Å². The van der Waals surface area contributed by atoms with Crippen LogP contribution in [0.2, 0.25) is 0 Å². The highest BCUT2D eigenvalue weighted by molar-refractivity contribution is 14.1. The predicted molar refractivity (Wildman–Crippen MR) is 67.2 cm³/mol. The second-order valence-corrected chi connectivity index (χ2v) is 4.94. The molecule has 0 aromatic heterocycles. The normalized spacial score (nSPS) is 20.5. The zero-order valence-electron chi connectivity index (χ0n) is 8.63. The molecule has 2 rings (SSSR count). The molecule has 80 valence electrons. The van der Waals surface area contributed by atoms with Crippen LogP contribution in [0.4, 0.5) is 0 Å². The Morgan fingerprint density at radius 2 is 2.33 bits per heavy atom. The molecule has 15 heavy (non-hydrogen) atoms. The summed E-state index contributed by atoms with van der Waals surface area (Å²) in [6, 6.07) is 5.89. The molecule has 3 heteroatoms. The zero-order valence-corrected chi connectivity index (χ0v) is 10.8. The lowest BCUT2D eigenvalue weighted by atomic mass is 9.96. The van der Waals surface area contributed by atoms with E-state index >= 15 is 0 Å². The van der Waals surface area contributed by atoms with Crippen LogP contribution < -0.4 is 0 Å². The van der Waals surface area contributed by atoms with Crippen LogP contribution in [-0.2, 0) is 4.74 Å². The van der Waals surface area contributed by atoms with E-state index in [1.54, 1.807) is 0 Å². The van der Waals surface area contributed by atoms with Gasteiger partial charge in [0.1, 0.15) is 0 Å². The molecule has 0 spiro atoms. The van der Waals surface area contributed by atoms with Crippen molar-refractivity contribution >= 4 is 28.4 Å². The van der Waals surface area contributed by atoms with Gasteiger partial charge >= 0.3 is 0 Å². The van der Waals surface area contributed by atoms with E-state index in [0.717, 1.165) is 22.2 Å². The lowest BCUT2D eigenvalue weighted by Gasteiger charge is -2.09. The molecule has 0 aliphatic carbocycles. The van der Waals surface area contributed by atoms with Gasteiger partial charge in [-0.1, -0.05) is 18.2 Å². The molecular weight excluding hydrogens is 303 g/mol. The number of rotatable bonds is 2. The summed E-state index contributed by atoms with van der Waals surface area (Å²) in [6.45, 7) is 3.34. The molecule has 0 saturated carbocycles. The van der Waals surface area contributed by atoms with Crippen molar-refractivity contribution in [2.24, 2.45) is 5.92 Å². The number of carbonyl (C=O) groups is 1. The topological polar surface area (TPSA) is 26.3 Å². The molecule has 0 radical (unpaired) electrons. The van der Waals surface area contributed by atoms with E-state index in [1.165, 1.54) is 5.56 Å². The van der Waals surface area contributed by atoms with Crippen LogP contribution in [0.3, 0.4) is 0 Å². The molecule has 1 unspecified atom stereocenters. The third-order valence-electron chi connectivity index (χ3n) is 2.76. The third kappa shape index (κ3) is 2.23. The van der Waals surface area contributed by atoms with E-state index in [9.17, 15) is 4.79 Å². The van der Waals surface area contributed by atoms with E-state index < -0.39 is 0 Å². The summed E-state index contributed by atoms with van der Waals surface area (Å²) in [4.78, 5) is 12.1. The summed E-state index contributed by atoms with van der Waals surface area (Å²) in [5, 5.41) is 0. The van der Waals surface area contributed by atoms with E-state index in [-0.39, 0.29) is 11.7 Å². The monoisotopic (exact) mass is 316 g/mol. The van der Waals surface area contributed by atoms with Crippen molar-refractivity contribution in [2.75, 3.05) is 13.2 Å². The van der Waals surface area contributed by atoms with Gasteiger partial charge in [0, 0.05) is 21.7 Å². The smallest absolute Gasteiger partial charge is 0.169 e. The first-order valence-corrected chi connectivity index (χ1v) is 6.15. The van der Waals surface area contributed by atoms with E-state index in [1.807, 2.05) is 25.1 Å². The highest BCUT2D eigenvalue weighted by atomic mass is 127. The Balaban J connectivity index is 2.28. The molecule has 1 aromatic carbocycles. The number of ketones is 1. The fourth-order valence-corrected chi connectivity index (χ4v) is 2.42. The van der Waals surface area contributed by atoms with Crippen LogP contribution in [0.1, 0.15) is 22.3 Å². The average Bonchev–Trinajstić information content (AvgIpc) is 2.74. The van der Waals surface area contributed by atoms with Crippen molar-refractivity contribution in [3.05, 3.63) is 32.9 Å². The van der Waals surface area contributed by atoms with Crippen LogP contribution in [0.25, 0.3) is 0 Å². The Bertz CT molecular complexity index is 381. The Labute approximate surface area is 103 Å². The molecule has 1 saturated heterocycles. The maximum absolute atomic E-state index is 12.1. The summed E-state index contributed by atoms with van der Waals surface area (Å²) in [5.74, 6) is 0.306. The number of hydrogen-bond acceptors (Lipinski definition) is 2. The highest BCUT2D eigenvalue weighted by Gasteiger charge is 2.25. The molecular formula is C12H13IO2. The molecule has 1 aromatic rings. The second-order valence-electron chi connectivity index (χ2n) is 3.86. The number of ether oxygens (including phenoxy) is 1. The minimum absolute atomic E-state index is 0.0697. The Morgan fingerprint density at radius 3 is 3.00 bits per heavy atom. The zero-order chi connectivity index (χ0) is 10.8. The summed E-state index contributed by atoms with van der Waals surface area (Å²) in [5.41, 5.74) is 2.02. The molecule has 2 nitrogen and oxygen atoms in total. The summed E-state index contributed by atoms with van der Waals surface area (Å²) < 4.78 is 6.32. The predicted octanol–water partition coefficient (Wildman–Crippen LogP) is 2.82. The number of halogens is 1. The number of benzene rings is 1. The molecule has 1 aliphatic heterocycles. The number of aryl methyl sites for hydroxylation is 1. The summed E-state index contributed by atoms with van der Waals surface area (Å²) >= 11 is 2.24. The molecule has 0 bridgehead atoms. The van der Waals surface area contributed by atoms with Crippen LogP contribution in [0.5, 0.6) is 0 Å². The van der Waals surface area contributed by atoms with E-state index in [0.29, 0.717) is 6.61 Å². The van der Waals surface area contributed by atoms with Crippen LogP contribution >= 0.6 is 22.6 Å². The van der Waals surface area contributed by atoms with Gasteiger partial charge in [-0.3, -0.25) is 4.79 Å². The first-order chi connectivity index (χ1) is 7.20. The van der Waals surface area contributed by atoms with Gasteiger partial charge < -0.3 is 4.74 Å². The van der Waals surface area contributed by atoms with E-state index in [2.05, 4.69) is 22.6 Å². The molecule has 1 heterocycles. The van der Waals surface area contributed by atoms with Crippen molar-refractivity contribution in [1.82, 2.24) is 0 Å². The number of Topliss-reactive ketones (excluding diaryl/α,β-unsaturated/α-hetero) is 1. The van der Waals surface area contributed by atoms with Crippen molar-refractivity contribution in [2.45, 2.75) is 13.3 Å². The maximum Gasteiger partial charge on any atom is 0.169 e. The fraction of sp³-hybridized carbons (Fsp3) is 0.417. The number of hydrogen-bond donors (Lipinski definition) is 0. The van der Waals surface area contributed by atoms with Gasteiger partial charge in [-0.15, -0.1) is 0 Å². The second kappa shape index (κ2) is 4.61. The lowest BCUT2D eigenvalue weighted by molar-refractivity contribution is 0.0899.